The van der Waals surface area contributed by atoms with Crippen molar-refractivity contribution in [3.8, 4) is 0 Å². The van der Waals surface area contributed by atoms with E-state index in [0.29, 0.717) is 13.0 Å². The maximum atomic E-state index is 11.9. The van der Waals surface area contributed by atoms with Crippen molar-refractivity contribution in [1.82, 2.24) is 5.32 Å². The van der Waals surface area contributed by atoms with Crippen molar-refractivity contribution in [2.45, 2.75) is 25.4 Å². The molecule has 3 nitrogen and oxygen atoms in total. The van der Waals surface area contributed by atoms with E-state index >= 15 is 0 Å². The number of rotatable bonds is 4. The topological polar surface area (TPSA) is 38.3 Å². The lowest BCUT2D eigenvalue weighted by atomic mass is 10.0. The lowest BCUT2D eigenvalue weighted by molar-refractivity contribution is -0.120. The fraction of sp³-hybridized carbons (Fsp3) is 0.353. The van der Waals surface area contributed by atoms with Crippen LogP contribution in [0, 0.1) is 0 Å². The van der Waals surface area contributed by atoms with Crippen molar-refractivity contribution in [1.29, 1.82) is 0 Å². The van der Waals surface area contributed by atoms with Gasteiger partial charge < -0.3 is 10.1 Å². The molecule has 0 saturated carbocycles. The molecule has 104 valence electrons. The summed E-state index contributed by atoms with van der Waals surface area (Å²) in [6.45, 7) is 1.46. The summed E-state index contributed by atoms with van der Waals surface area (Å²) < 4.78 is 5.50. The standard InChI is InChI=1S/C17H19NO2/c19-17(18-12-16-6-3-9-20-16)11-13-7-8-14-4-1-2-5-15(14)10-13/h1-2,4-5,7-8,10,16H,3,6,9,11-12H2,(H,18,19)/t16-/m0/s1. The molecule has 0 unspecified atom stereocenters. The number of fused-ring (bicyclic) bond motifs is 1. The number of benzene rings is 2. The second-order valence-electron chi connectivity index (χ2n) is 5.30. The Morgan fingerprint density at radius 1 is 1.20 bits per heavy atom. The van der Waals surface area contributed by atoms with Crippen LogP contribution in [-0.2, 0) is 16.0 Å². The Morgan fingerprint density at radius 2 is 2.05 bits per heavy atom. The number of hydrogen-bond acceptors (Lipinski definition) is 2. The molecule has 2 aromatic carbocycles. The van der Waals surface area contributed by atoms with E-state index in [1.165, 1.54) is 10.8 Å². The van der Waals surface area contributed by atoms with E-state index in [9.17, 15) is 4.79 Å². The molecule has 0 aromatic heterocycles. The van der Waals surface area contributed by atoms with Gasteiger partial charge in [0.2, 0.25) is 5.91 Å². The number of carbonyl (C=O) groups is 1. The number of hydrogen-bond donors (Lipinski definition) is 1. The summed E-state index contributed by atoms with van der Waals surface area (Å²) in [5.41, 5.74) is 1.05. The zero-order valence-electron chi connectivity index (χ0n) is 11.5. The van der Waals surface area contributed by atoms with Crippen LogP contribution in [0.1, 0.15) is 18.4 Å². The number of ether oxygens (including phenoxy) is 1. The molecule has 1 aliphatic heterocycles. The molecular formula is C17H19NO2. The Balaban J connectivity index is 1.59. The average Bonchev–Trinajstić information content (AvgIpc) is 2.98. The van der Waals surface area contributed by atoms with Crippen LogP contribution in [0.5, 0.6) is 0 Å². The van der Waals surface area contributed by atoms with Gasteiger partial charge >= 0.3 is 0 Å². The minimum Gasteiger partial charge on any atom is -0.376 e. The first kappa shape index (κ1) is 13.1. The van der Waals surface area contributed by atoms with E-state index in [1.54, 1.807) is 0 Å². The Hall–Kier alpha value is -1.87. The molecule has 0 radical (unpaired) electrons. The summed E-state index contributed by atoms with van der Waals surface area (Å²) in [6.07, 6.45) is 2.79. The van der Waals surface area contributed by atoms with E-state index in [-0.39, 0.29) is 12.0 Å². The third kappa shape index (κ3) is 3.17. The van der Waals surface area contributed by atoms with E-state index < -0.39 is 0 Å². The SMILES string of the molecule is O=C(Cc1ccc2ccccc2c1)NC[C@@H]1CCCO1. The minimum atomic E-state index is 0.0655. The molecule has 1 atom stereocenters. The fourth-order valence-electron chi connectivity index (χ4n) is 2.63. The number of amides is 1. The lowest BCUT2D eigenvalue weighted by Gasteiger charge is -2.11. The van der Waals surface area contributed by atoms with Crippen LogP contribution in [0.3, 0.4) is 0 Å². The zero-order chi connectivity index (χ0) is 13.8. The maximum absolute atomic E-state index is 11.9. The molecule has 3 rings (SSSR count). The highest BCUT2D eigenvalue weighted by molar-refractivity contribution is 5.85. The molecule has 2 aromatic rings. The minimum absolute atomic E-state index is 0.0655. The van der Waals surface area contributed by atoms with Crippen LogP contribution >= 0.6 is 0 Å². The summed E-state index contributed by atoms with van der Waals surface area (Å²) in [5, 5.41) is 5.34. The predicted octanol–water partition coefficient (Wildman–Crippen LogP) is 2.68. The van der Waals surface area contributed by atoms with Gasteiger partial charge in [-0.25, -0.2) is 0 Å². The summed E-state index contributed by atoms with van der Waals surface area (Å²) in [6, 6.07) is 14.4. The smallest absolute Gasteiger partial charge is 0.224 e. The van der Waals surface area contributed by atoms with Crippen LogP contribution in [-0.4, -0.2) is 25.2 Å². The van der Waals surface area contributed by atoms with Gasteiger partial charge in [0.05, 0.1) is 12.5 Å². The second kappa shape index (κ2) is 6.06. The molecule has 0 spiro atoms. The lowest BCUT2D eigenvalue weighted by Crippen LogP contribution is -2.32. The zero-order valence-corrected chi connectivity index (χ0v) is 11.5. The number of nitrogens with one attached hydrogen (secondary N) is 1. The highest BCUT2D eigenvalue weighted by atomic mass is 16.5. The molecule has 1 amide bonds. The molecule has 1 heterocycles. The van der Waals surface area contributed by atoms with Gasteiger partial charge in [-0.3, -0.25) is 4.79 Å². The molecule has 1 N–H and O–H groups in total. The molecular weight excluding hydrogens is 250 g/mol. The third-order valence-electron chi connectivity index (χ3n) is 3.73. The van der Waals surface area contributed by atoms with Crippen molar-refractivity contribution >= 4 is 16.7 Å². The molecule has 0 bridgehead atoms. The number of carbonyl (C=O) groups excluding carboxylic acids is 1. The molecule has 0 aliphatic carbocycles. The summed E-state index contributed by atoms with van der Waals surface area (Å²) in [7, 11) is 0. The largest absolute Gasteiger partial charge is 0.376 e. The molecule has 1 fully saturated rings. The van der Waals surface area contributed by atoms with Gasteiger partial charge in [-0.05, 0) is 29.2 Å². The fourth-order valence-corrected chi connectivity index (χ4v) is 2.63. The Bertz CT molecular complexity index is 603. The second-order valence-corrected chi connectivity index (χ2v) is 5.30. The average molecular weight is 269 g/mol. The van der Waals surface area contributed by atoms with Crippen LogP contribution in [0.2, 0.25) is 0 Å². The summed E-state index contributed by atoms with van der Waals surface area (Å²) in [5.74, 6) is 0.0655. The van der Waals surface area contributed by atoms with Crippen LogP contribution in [0.25, 0.3) is 10.8 Å². The van der Waals surface area contributed by atoms with Gasteiger partial charge in [0.25, 0.3) is 0 Å². The van der Waals surface area contributed by atoms with Crippen molar-refractivity contribution < 1.29 is 9.53 Å². The van der Waals surface area contributed by atoms with E-state index in [4.69, 9.17) is 4.74 Å². The summed E-state index contributed by atoms with van der Waals surface area (Å²) >= 11 is 0. The monoisotopic (exact) mass is 269 g/mol. The first-order valence-electron chi connectivity index (χ1n) is 7.17. The van der Waals surface area contributed by atoms with E-state index in [0.717, 1.165) is 25.0 Å². The van der Waals surface area contributed by atoms with Crippen molar-refractivity contribution in [3.63, 3.8) is 0 Å². The van der Waals surface area contributed by atoms with Gasteiger partial charge in [0.15, 0.2) is 0 Å². The molecule has 1 saturated heterocycles. The van der Waals surface area contributed by atoms with Crippen LogP contribution in [0.15, 0.2) is 42.5 Å². The van der Waals surface area contributed by atoms with Crippen molar-refractivity contribution in [3.05, 3.63) is 48.0 Å². The Labute approximate surface area is 118 Å². The Kier molecular flexibility index (Phi) is 3.97. The first-order chi connectivity index (χ1) is 9.81. The van der Waals surface area contributed by atoms with Gasteiger partial charge in [-0.15, -0.1) is 0 Å². The van der Waals surface area contributed by atoms with E-state index in [1.807, 2.05) is 18.2 Å². The molecule has 1 aliphatic rings. The van der Waals surface area contributed by atoms with Gasteiger partial charge in [-0.1, -0.05) is 42.5 Å². The molecule has 20 heavy (non-hydrogen) atoms. The van der Waals surface area contributed by atoms with Gasteiger partial charge in [-0.2, -0.15) is 0 Å². The highest BCUT2D eigenvalue weighted by Gasteiger charge is 2.16. The normalized spacial score (nSPS) is 18.3. The highest BCUT2D eigenvalue weighted by Crippen LogP contribution is 2.16. The van der Waals surface area contributed by atoms with E-state index in [2.05, 4.69) is 29.6 Å². The van der Waals surface area contributed by atoms with Crippen LogP contribution in [0.4, 0.5) is 0 Å². The maximum Gasteiger partial charge on any atom is 0.224 e. The van der Waals surface area contributed by atoms with Crippen molar-refractivity contribution in [2.24, 2.45) is 0 Å². The first-order valence-corrected chi connectivity index (χ1v) is 7.17. The predicted molar refractivity (Wildman–Crippen MR) is 79.6 cm³/mol. The van der Waals surface area contributed by atoms with Crippen LogP contribution < -0.4 is 5.32 Å². The Morgan fingerprint density at radius 3 is 2.85 bits per heavy atom. The quantitative estimate of drug-likeness (QED) is 0.926. The third-order valence-corrected chi connectivity index (χ3v) is 3.73. The van der Waals surface area contributed by atoms with Crippen molar-refractivity contribution in [2.75, 3.05) is 13.2 Å². The summed E-state index contributed by atoms with van der Waals surface area (Å²) in [4.78, 5) is 11.9. The molecule has 3 heteroatoms. The van der Waals surface area contributed by atoms with Gasteiger partial charge in [0.1, 0.15) is 0 Å². The van der Waals surface area contributed by atoms with Gasteiger partial charge in [0, 0.05) is 13.2 Å².